The highest BCUT2D eigenvalue weighted by Gasteiger charge is 2.18. The van der Waals surface area contributed by atoms with Gasteiger partial charge in [0.05, 0.1) is 0 Å². The highest BCUT2D eigenvalue weighted by atomic mass is 16.5. The first-order valence-corrected chi connectivity index (χ1v) is 10.0. The molecule has 0 fully saturated rings. The first-order chi connectivity index (χ1) is 14.3. The number of amides is 1. The third-order valence-electron chi connectivity index (χ3n) is 5.35. The molecule has 4 aromatic rings. The lowest BCUT2D eigenvalue weighted by atomic mass is 9.96. The molecule has 148 valence electrons. The molecule has 3 aromatic heterocycles. The molecule has 0 saturated heterocycles. The standard InChI is InChI=1S/C22H22N4O3/c27-22(23-11-10-21-25-24-20-7-3-4-12-26(20)21)14-28-15-8-9-19-17(13-15)16-5-1-2-6-18(16)29-19/h3-4,7-9,12-13H,1-2,5-6,10-11,14H2,(H,23,27). The Balaban J connectivity index is 1.16. The van der Waals surface area contributed by atoms with Gasteiger partial charge in [0, 0.05) is 36.5 Å². The van der Waals surface area contributed by atoms with E-state index in [9.17, 15) is 4.79 Å². The monoisotopic (exact) mass is 390 g/mol. The maximum Gasteiger partial charge on any atom is 0.257 e. The minimum absolute atomic E-state index is 0.0217. The van der Waals surface area contributed by atoms with E-state index in [0.29, 0.717) is 18.7 Å². The SMILES string of the molecule is O=C(COc1ccc2oc3c(c2c1)CCCC3)NCCc1nnc2ccccn12. The van der Waals surface area contributed by atoms with Gasteiger partial charge in [-0.3, -0.25) is 9.20 Å². The molecule has 0 saturated carbocycles. The zero-order chi connectivity index (χ0) is 19.6. The molecule has 0 unspecified atom stereocenters. The molecule has 3 heterocycles. The lowest BCUT2D eigenvalue weighted by Crippen LogP contribution is -2.30. The van der Waals surface area contributed by atoms with Crippen LogP contribution in [0.3, 0.4) is 0 Å². The van der Waals surface area contributed by atoms with Crippen molar-refractivity contribution in [3.05, 3.63) is 59.7 Å². The molecule has 29 heavy (non-hydrogen) atoms. The molecule has 1 aromatic carbocycles. The number of nitrogens with zero attached hydrogens (tertiary/aromatic N) is 3. The van der Waals surface area contributed by atoms with Crippen LogP contribution in [-0.4, -0.2) is 33.7 Å². The maximum atomic E-state index is 12.2. The average molecular weight is 390 g/mol. The first-order valence-electron chi connectivity index (χ1n) is 10.0. The quantitative estimate of drug-likeness (QED) is 0.547. The number of aromatic nitrogens is 3. The van der Waals surface area contributed by atoms with Crippen molar-refractivity contribution < 1.29 is 13.9 Å². The number of aryl methyl sites for hydroxylation is 2. The Morgan fingerprint density at radius 1 is 1.17 bits per heavy atom. The molecule has 0 bridgehead atoms. The van der Waals surface area contributed by atoms with Crippen LogP contribution in [0.4, 0.5) is 0 Å². The van der Waals surface area contributed by atoms with Gasteiger partial charge in [-0.15, -0.1) is 10.2 Å². The summed E-state index contributed by atoms with van der Waals surface area (Å²) in [5.41, 5.74) is 2.99. The molecule has 7 nitrogen and oxygen atoms in total. The molecule has 0 aliphatic heterocycles. The van der Waals surface area contributed by atoms with Crippen LogP contribution in [0.2, 0.25) is 0 Å². The van der Waals surface area contributed by atoms with Gasteiger partial charge in [-0.2, -0.15) is 0 Å². The molecule has 1 aliphatic rings. The van der Waals surface area contributed by atoms with E-state index >= 15 is 0 Å². The van der Waals surface area contributed by atoms with Gasteiger partial charge in [-0.25, -0.2) is 0 Å². The van der Waals surface area contributed by atoms with E-state index < -0.39 is 0 Å². The van der Waals surface area contributed by atoms with E-state index in [-0.39, 0.29) is 12.5 Å². The van der Waals surface area contributed by atoms with E-state index in [2.05, 4.69) is 15.5 Å². The number of hydrogen-bond acceptors (Lipinski definition) is 5. The van der Waals surface area contributed by atoms with Crippen LogP contribution in [0.1, 0.15) is 30.0 Å². The summed E-state index contributed by atoms with van der Waals surface area (Å²) in [6.45, 7) is 0.457. The molecule has 0 spiro atoms. The predicted octanol–water partition coefficient (Wildman–Crippen LogP) is 3.09. The van der Waals surface area contributed by atoms with Gasteiger partial charge in [0.25, 0.3) is 5.91 Å². The van der Waals surface area contributed by atoms with Crippen LogP contribution in [0.15, 0.2) is 47.0 Å². The van der Waals surface area contributed by atoms with E-state index in [1.165, 1.54) is 18.4 Å². The Labute approximate surface area is 167 Å². The number of carbonyl (C=O) groups is 1. The number of ether oxygens (including phenoxy) is 1. The number of carbonyl (C=O) groups excluding carboxylic acids is 1. The highest BCUT2D eigenvalue weighted by molar-refractivity contribution is 5.84. The van der Waals surface area contributed by atoms with Crippen molar-refractivity contribution in [2.45, 2.75) is 32.1 Å². The molecule has 1 amide bonds. The van der Waals surface area contributed by atoms with E-state index in [4.69, 9.17) is 9.15 Å². The summed E-state index contributed by atoms with van der Waals surface area (Å²) in [5, 5.41) is 12.3. The molecule has 1 N–H and O–H groups in total. The molecule has 5 rings (SSSR count). The number of furan rings is 1. The van der Waals surface area contributed by atoms with Crippen LogP contribution in [0.25, 0.3) is 16.6 Å². The summed E-state index contributed by atoms with van der Waals surface area (Å²) in [6, 6.07) is 11.5. The lowest BCUT2D eigenvalue weighted by Gasteiger charge is -2.09. The fourth-order valence-electron chi connectivity index (χ4n) is 3.91. The van der Waals surface area contributed by atoms with Gasteiger partial charge in [0.2, 0.25) is 0 Å². The maximum absolute atomic E-state index is 12.2. The van der Waals surface area contributed by atoms with E-state index in [1.807, 2.05) is 47.0 Å². The number of benzene rings is 1. The Morgan fingerprint density at radius 2 is 2.10 bits per heavy atom. The minimum Gasteiger partial charge on any atom is -0.484 e. The number of nitrogens with one attached hydrogen (secondary N) is 1. The zero-order valence-electron chi connectivity index (χ0n) is 16.1. The number of rotatable bonds is 6. The second-order valence-corrected chi connectivity index (χ2v) is 7.30. The van der Waals surface area contributed by atoms with Crippen molar-refractivity contribution in [1.82, 2.24) is 19.9 Å². The molecule has 0 radical (unpaired) electrons. The zero-order valence-corrected chi connectivity index (χ0v) is 16.1. The minimum atomic E-state index is -0.159. The second-order valence-electron chi connectivity index (χ2n) is 7.30. The number of hydrogen-bond donors (Lipinski definition) is 1. The fourth-order valence-corrected chi connectivity index (χ4v) is 3.91. The van der Waals surface area contributed by atoms with Crippen molar-refractivity contribution in [3.8, 4) is 5.75 Å². The highest BCUT2D eigenvalue weighted by Crippen LogP contribution is 2.33. The van der Waals surface area contributed by atoms with E-state index in [0.717, 1.165) is 41.0 Å². The van der Waals surface area contributed by atoms with Gasteiger partial charge < -0.3 is 14.5 Å². The van der Waals surface area contributed by atoms with E-state index in [1.54, 1.807) is 0 Å². The average Bonchev–Trinajstić information content (AvgIpc) is 3.33. The second kappa shape index (κ2) is 7.58. The topological polar surface area (TPSA) is 81.7 Å². The Kier molecular flexibility index (Phi) is 4.63. The van der Waals surface area contributed by atoms with Crippen LogP contribution < -0.4 is 10.1 Å². The van der Waals surface area contributed by atoms with Crippen molar-refractivity contribution in [2.24, 2.45) is 0 Å². The normalized spacial score (nSPS) is 13.5. The van der Waals surface area contributed by atoms with Crippen molar-refractivity contribution >= 4 is 22.5 Å². The number of pyridine rings is 1. The van der Waals surface area contributed by atoms with Gasteiger partial charge >= 0.3 is 0 Å². The molecule has 7 heteroatoms. The van der Waals surface area contributed by atoms with Gasteiger partial charge in [-0.1, -0.05) is 6.07 Å². The molecule has 1 aliphatic carbocycles. The fraction of sp³-hybridized carbons (Fsp3) is 0.318. The Bertz CT molecular complexity index is 1180. The molecular formula is C22H22N4O3. The smallest absolute Gasteiger partial charge is 0.257 e. The number of fused-ring (bicyclic) bond motifs is 4. The third kappa shape index (κ3) is 3.55. The molecular weight excluding hydrogens is 368 g/mol. The summed E-state index contributed by atoms with van der Waals surface area (Å²) in [7, 11) is 0. The predicted molar refractivity (Wildman–Crippen MR) is 108 cm³/mol. The van der Waals surface area contributed by atoms with Gasteiger partial charge in [0.1, 0.15) is 22.9 Å². The van der Waals surface area contributed by atoms with Crippen LogP contribution >= 0.6 is 0 Å². The summed E-state index contributed by atoms with van der Waals surface area (Å²) in [4.78, 5) is 12.2. The van der Waals surface area contributed by atoms with Gasteiger partial charge in [0.15, 0.2) is 12.3 Å². The van der Waals surface area contributed by atoms with Gasteiger partial charge in [-0.05, 0) is 49.6 Å². The summed E-state index contributed by atoms with van der Waals surface area (Å²) < 4.78 is 13.6. The summed E-state index contributed by atoms with van der Waals surface area (Å²) >= 11 is 0. The van der Waals surface area contributed by atoms with Crippen LogP contribution in [0, 0.1) is 0 Å². The van der Waals surface area contributed by atoms with Crippen molar-refractivity contribution in [1.29, 1.82) is 0 Å². The van der Waals surface area contributed by atoms with Crippen LogP contribution in [0.5, 0.6) is 5.75 Å². The first kappa shape index (κ1) is 17.7. The summed E-state index contributed by atoms with van der Waals surface area (Å²) in [5.74, 6) is 2.44. The lowest BCUT2D eigenvalue weighted by molar-refractivity contribution is -0.123. The van der Waals surface area contributed by atoms with Crippen molar-refractivity contribution in [3.63, 3.8) is 0 Å². The third-order valence-corrected chi connectivity index (χ3v) is 5.35. The van der Waals surface area contributed by atoms with Crippen LogP contribution in [-0.2, 0) is 24.1 Å². The molecule has 0 atom stereocenters. The summed E-state index contributed by atoms with van der Waals surface area (Å²) in [6.07, 6.45) is 6.94. The Morgan fingerprint density at radius 3 is 3.07 bits per heavy atom. The van der Waals surface area contributed by atoms with Crippen molar-refractivity contribution in [2.75, 3.05) is 13.2 Å². The Hall–Kier alpha value is -3.35. The largest absolute Gasteiger partial charge is 0.484 e.